The lowest BCUT2D eigenvalue weighted by Crippen LogP contribution is -2.22. The molecule has 24 heteroatoms. The van der Waals surface area contributed by atoms with E-state index in [4.69, 9.17) is 38.3 Å². The van der Waals surface area contributed by atoms with Crippen LogP contribution in [0, 0.1) is 23.7 Å². The lowest BCUT2D eigenvalue weighted by molar-refractivity contribution is -0.147. The average molecular weight is 1700 g/mol. The van der Waals surface area contributed by atoms with Crippen molar-refractivity contribution in [2.45, 2.75) is 75.3 Å². The maximum Gasteiger partial charge on any atom is 0.353 e. The zero-order valence-corrected chi connectivity index (χ0v) is 69.8. The lowest BCUT2D eigenvalue weighted by Gasteiger charge is -2.20. The Balaban J connectivity index is 0.000000126. The first kappa shape index (κ1) is 85.3. The molecule has 15 aromatic rings. The number of thiophene rings is 5. The standard InChI is InChI=1S/2C20H18O3S.2C18H14O3S.C15H10O2S.C4H6N2O2.CH4O/c2*1-2-22-19(21)16-13-20(16,18-11-6-12-24-18)23-17-10-5-8-14-7-3-4-9-15(14)17;2*19-17(20)14-11-18(14,16-9-4-10-22-16)21-15-8-3-6-12-5-1-2-7-13(12)15;16-15(14-9-4-10-18-14)17-13-8-3-6-11-5-1-2-7-12(11)13;1-2-4(8)6-5-3-7;1-2/h2*3-12,16H,2,13H2,1H3;2*1-10,14H,11H2,(H,19,20);1-10H;3H,2H2,1H3;2H,1H3/t16-,20+;16-,20-;14-,18+;14-,18-;;;/m1010.../s1. The van der Waals surface area contributed by atoms with E-state index < -0.39 is 46.2 Å². The Morgan fingerprint density at radius 3 is 0.900 bits per heavy atom. The summed E-state index contributed by atoms with van der Waals surface area (Å²) in [7, 11) is 1.00. The second-order valence-corrected chi connectivity index (χ2v) is 32.6. The van der Waals surface area contributed by atoms with Crippen molar-refractivity contribution < 1.29 is 82.0 Å². The number of carbonyl (C=O) groups is 7. The molecule has 8 atom stereocenters. The maximum atomic E-state index is 12.3. The van der Waals surface area contributed by atoms with Crippen molar-refractivity contribution in [2.24, 2.45) is 33.9 Å². The van der Waals surface area contributed by atoms with Gasteiger partial charge in [-0.05, 0) is 128 Å². The fourth-order valence-electron chi connectivity index (χ4n) is 14.3. The normalized spacial score (nSPS) is 19.7. The molecule has 3 N–H and O–H groups in total. The molecule has 0 saturated heterocycles. The van der Waals surface area contributed by atoms with Crippen molar-refractivity contribution in [1.82, 2.24) is 0 Å². The number of ether oxygens (including phenoxy) is 7. The zero-order valence-electron chi connectivity index (χ0n) is 65.7. The number of amides is 2. The van der Waals surface area contributed by atoms with Crippen LogP contribution in [0.2, 0.25) is 0 Å². The van der Waals surface area contributed by atoms with Gasteiger partial charge in [0.05, 0.1) is 13.2 Å². The third kappa shape index (κ3) is 19.4. The molecule has 4 saturated carbocycles. The van der Waals surface area contributed by atoms with E-state index in [-0.39, 0.29) is 48.5 Å². The minimum atomic E-state index is -0.798. The Hall–Kier alpha value is -12.6. The Kier molecular flexibility index (Phi) is 28.0. The summed E-state index contributed by atoms with van der Waals surface area (Å²) < 4.78 is 41.4. The topological polar surface area (TPSA) is 270 Å². The lowest BCUT2D eigenvalue weighted by atomic mass is 10.1. The number of benzene rings is 10. The van der Waals surface area contributed by atoms with Gasteiger partial charge in [-0.15, -0.1) is 66.9 Å². The number of aliphatic carboxylic acids is 2. The summed E-state index contributed by atoms with van der Waals surface area (Å²) in [4.78, 5) is 83.6. The van der Waals surface area contributed by atoms with Crippen LogP contribution in [-0.2, 0) is 60.6 Å². The third-order valence-corrected chi connectivity index (χ3v) is 25.5. The molecule has 4 fully saturated rings. The molecule has 19 rings (SSSR count). The van der Waals surface area contributed by atoms with Crippen LogP contribution in [0.5, 0.6) is 28.7 Å². The van der Waals surface area contributed by atoms with Gasteiger partial charge in [-0.3, -0.25) is 28.8 Å². The van der Waals surface area contributed by atoms with Gasteiger partial charge in [0.25, 0.3) is 12.3 Å². The van der Waals surface area contributed by atoms with Crippen LogP contribution in [0.25, 0.3) is 53.9 Å². The summed E-state index contributed by atoms with van der Waals surface area (Å²) in [6, 6.07) is 89.0. The summed E-state index contributed by atoms with van der Waals surface area (Å²) in [5.74, 6) is -0.350. The van der Waals surface area contributed by atoms with E-state index in [0.717, 1.165) is 103 Å². The van der Waals surface area contributed by atoms with Gasteiger partial charge in [0, 0.05) is 85.7 Å². The SMILES string of the molecule is CCC(=O)N=NC=O.CCOC(=O)[C@@H]1C[C@@]1(Oc1cccc2ccccc12)c1cccs1.CCOC(=O)[C@H]1C[C@@]1(Oc1cccc2ccccc12)c1cccs1.CO.O=C(O)[C@@H]1C[C@@]1(Oc1cccc2ccccc12)c1cccs1.O=C(O)[C@H]1C[C@@]1(Oc1cccc2ccccc12)c1cccs1.O=C(Oc1cccc2ccccc12)c1cccs1. The highest BCUT2D eigenvalue weighted by molar-refractivity contribution is 7.12. The van der Waals surface area contributed by atoms with Crippen LogP contribution >= 0.6 is 56.7 Å². The number of azo groups is 1. The first-order valence-corrected chi connectivity index (χ1v) is 43.1. The van der Waals surface area contributed by atoms with E-state index in [1.54, 1.807) is 58.3 Å². The van der Waals surface area contributed by atoms with Crippen LogP contribution in [-0.4, -0.2) is 77.8 Å². The number of carbonyl (C=O) groups excluding carboxylic acids is 5. The van der Waals surface area contributed by atoms with Gasteiger partial charge >= 0.3 is 29.8 Å². The van der Waals surface area contributed by atoms with Crippen LogP contribution in [0.1, 0.15) is 82.1 Å². The fourth-order valence-corrected chi connectivity index (χ4v) is 18.6. The molecule has 2 amide bonds. The van der Waals surface area contributed by atoms with Gasteiger partial charge in [-0.2, -0.15) is 0 Å². The molecule has 0 aliphatic heterocycles. The van der Waals surface area contributed by atoms with Gasteiger partial charge in [0.2, 0.25) is 0 Å². The number of rotatable bonds is 22. The Bertz CT molecular complexity index is 5740. The minimum Gasteiger partial charge on any atom is -0.481 e. The van der Waals surface area contributed by atoms with Crippen molar-refractivity contribution in [2.75, 3.05) is 20.3 Å². The van der Waals surface area contributed by atoms with E-state index in [2.05, 4.69) is 46.6 Å². The number of aliphatic hydroxyl groups is 1. The molecular formula is C96H84N2O17S5. The quantitative estimate of drug-likeness (QED) is 0.0246. The van der Waals surface area contributed by atoms with Crippen LogP contribution in [0.3, 0.4) is 0 Å². The van der Waals surface area contributed by atoms with Crippen LogP contribution in [0.15, 0.2) is 310 Å². The van der Waals surface area contributed by atoms with Crippen molar-refractivity contribution >= 4 is 153 Å². The molecule has 5 heterocycles. The predicted octanol–water partition coefficient (Wildman–Crippen LogP) is 22.3. The van der Waals surface area contributed by atoms with Gasteiger partial charge in [0.15, 0.2) is 22.4 Å². The second kappa shape index (κ2) is 39.3. The van der Waals surface area contributed by atoms with Crippen LogP contribution in [0.4, 0.5) is 0 Å². The zero-order chi connectivity index (χ0) is 84.2. The summed E-state index contributed by atoms with van der Waals surface area (Å²) in [5.41, 5.74) is -2.62. The highest BCUT2D eigenvalue weighted by Gasteiger charge is 2.67. The number of fused-ring (bicyclic) bond motifs is 5. The summed E-state index contributed by atoms with van der Waals surface area (Å²) in [6.07, 6.45) is 2.88. The van der Waals surface area contributed by atoms with Crippen molar-refractivity contribution in [1.29, 1.82) is 0 Å². The molecule has 4 aliphatic carbocycles. The highest BCUT2D eigenvalue weighted by atomic mass is 32.1. The summed E-state index contributed by atoms with van der Waals surface area (Å²) >= 11 is 7.73. The summed E-state index contributed by atoms with van der Waals surface area (Å²) in [5, 5.41) is 52.0. The van der Waals surface area contributed by atoms with E-state index in [0.29, 0.717) is 49.5 Å². The number of hydrogen-bond donors (Lipinski definition) is 3. The van der Waals surface area contributed by atoms with Gasteiger partial charge in [-0.25, -0.2) is 4.79 Å². The molecule has 120 heavy (non-hydrogen) atoms. The van der Waals surface area contributed by atoms with E-state index in [1.165, 1.54) is 11.3 Å². The van der Waals surface area contributed by atoms with E-state index >= 15 is 0 Å². The number of esters is 3. The Morgan fingerprint density at radius 2 is 0.633 bits per heavy atom. The first-order chi connectivity index (χ1) is 58.5. The van der Waals surface area contributed by atoms with Gasteiger partial charge in [0.1, 0.15) is 57.3 Å². The van der Waals surface area contributed by atoms with Crippen molar-refractivity contribution in [3.63, 3.8) is 0 Å². The fraction of sp³-hybridized carbons (Fsp3) is 0.198. The molecule has 0 unspecified atom stereocenters. The smallest absolute Gasteiger partial charge is 0.353 e. The van der Waals surface area contributed by atoms with Crippen LogP contribution < -0.4 is 23.7 Å². The number of nitrogens with zero attached hydrogens (tertiary/aromatic N) is 2. The largest absolute Gasteiger partial charge is 0.481 e. The Labute approximate surface area is 712 Å². The van der Waals surface area contributed by atoms with Gasteiger partial charge in [-0.1, -0.05) is 219 Å². The molecule has 610 valence electrons. The Morgan fingerprint density at radius 1 is 0.358 bits per heavy atom. The maximum absolute atomic E-state index is 12.3. The van der Waals surface area contributed by atoms with Crippen molar-refractivity contribution in [3.05, 3.63) is 324 Å². The molecular weight excluding hydrogens is 1610 g/mol. The van der Waals surface area contributed by atoms with Crippen molar-refractivity contribution in [3.8, 4) is 28.7 Å². The first-order valence-electron chi connectivity index (χ1n) is 38.7. The minimum absolute atomic E-state index is 0.175. The second-order valence-electron chi connectivity index (χ2n) is 27.9. The number of carboxylic acid groups (broad SMARTS) is 2. The average Bonchev–Trinajstić information content (AvgIpc) is 1.56. The predicted molar refractivity (Wildman–Crippen MR) is 471 cm³/mol. The van der Waals surface area contributed by atoms with Gasteiger partial charge < -0.3 is 48.5 Å². The monoisotopic (exact) mass is 1700 g/mol. The number of carboxylic acids is 2. The molecule has 5 aromatic heterocycles. The molecule has 4 aliphatic rings. The number of hydrogen-bond acceptors (Lipinski definition) is 20. The molecule has 0 spiro atoms. The molecule has 0 radical (unpaired) electrons. The third-order valence-electron chi connectivity index (χ3n) is 20.5. The highest BCUT2D eigenvalue weighted by Crippen LogP contribution is 2.61. The molecule has 10 aromatic carbocycles. The molecule has 19 nitrogen and oxygen atoms in total. The van der Waals surface area contributed by atoms with E-state index in [1.807, 2.05) is 271 Å². The molecule has 0 bridgehead atoms. The summed E-state index contributed by atoms with van der Waals surface area (Å²) in [6.45, 7) is 6.09. The van der Waals surface area contributed by atoms with E-state index in [9.17, 15) is 43.8 Å². The number of aliphatic hydroxyl groups excluding tert-OH is 1.